The summed E-state index contributed by atoms with van der Waals surface area (Å²) in [5.41, 5.74) is 17.0. The number of nitro benzene ring substituents is 1. The van der Waals surface area contributed by atoms with Gasteiger partial charge in [-0.15, -0.1) is 0 Å². The normalized spacial score (nSPS) is 16.2. The number of nitro groups is 1. The molecule has 198 valence electrons. The summed E-state index contributed by atoms with van der Waals surface area (Å²) in [5, 5.41) is 18.8. The maximum Gasteiger partial charge on any atom is 0.269 e. The second kappa shape index (κ2) is 14.0. The van der Waals surface area contributed by atoms with E-state index >= 15 is 0 Å². The fourth-order valence-corrected chi connectivity index (χ4v) is 4.05. The Morgan fingerprint density at radius 1 is 1.06 bits per heavy atom. The second-order valence-electron chi connectivity index (χ2n) is 8.96. The SMILES string of the molecule is C[C@H](NC(=O)[C@H](N)C1CCCCC1)C(=O)N[C@@H](CCCN=C(N)N)C(=O)Nc1ccc([N+](=O)[O-])cc1. The van der Waals surface area contributed by atoms with E-state index in [-0.39, 0.29) is 30.5 Å². The topological polar surface area (TPSA) is 221 Å². The molecule has 0 unspecified atom stereocenters. The van der Waals surface area contributed by atoms with E-state index in [1.807, 2.05) is 0 Å². The maximum atomic E-state index is 12.9. The van der Waals surface area contributed by atoms with Crippen LogP contribution in [-0.4, -0.2) is 53.3 Å². The van der Waals surface area contributed by atoms with Crippen LogP contribution in [0.2, 0.25) is 0 Å². The average molecular weight is 505 g/mol. The van der Waals surface area contributed by atoms with Gasteiger partial charge in [-0.25, -0.2) is 0 Å². The van der Waals surface area contributed by atoms with Crippen LogP contribution in [0.15, 0.2) is 29.3 Å². The monoisotopic (exact) mass is 504 g/mol. The fourth-order valence-electron chi connectivity index (χ4n) is 4.05. The quantitative estimate of drug-likeness (QED) is 0.0770. The third-order valence-electron chi connectivity index (χ3n) is 6.14. The number of nitrogens with two attached hydrogens (primary N) is 3. The van der Waals surface area contributed by atoms with Crippen LogP contribution in [0, 0.1) is 16.0 Å². The summed E-state index contributed by atoms with van der Waals surface area (Å²) in [6.07, 6.45) is 5.58. The average Bonchev–Trinajstić information content (AvgIpc) is 2.85. The van der Waals surface area contributed by atoms with Crippen molar-refractivity contribution in [3.8, 4) is 0 Å². The van der Waals surface area contributed by atoms with Crippen molar-refractivity contribution >= 4 is 35.1 Å². The molecule has 0 bridgehead atoms. The number of guanidine groups is 1. The molecule has 0 aliphatic heterocycles. The van der Waals surface area contributed by atoms with E-state index in [1.165, 1.54) is 31.2 Å². The fraction of sp³-hybridized carbons (Fsp3) is 0.565. The Hall–Kier alpha value is -3.74. The van der Waals surface area contributed by atoms with Gasteiger partial charge in [0.2, 0.25) is 17.7 Å². The summed E-state index contributed by atoms with van der Waals surface area (Å²) in [4.78, 5) is 52.5. The highest BCUT2D eigenvalue weighted by Gasteiger charge is 2.29. The maximum absolute atomic E-state index is 12.9. The number of non-ortho nitro benzene ring substituents is 1. The number of carbonyl (C=O) groups excluding carboxylic acids is 3. The molecular formula is C23H36N8O5. The molecule has 0 saturated heterocycles. The van der Waals surface area contributed by atoms with Crippen LogP contribution >= 0.6 is 0 Å². The van der Waals surface area contributed by atoms with E-state index in [4.69, 9.17) is 17.2 Å². The lowest BCUT2D eigenvalue weighted by atomic mass is 9.84. The minimum Gasteiger partial charge on any atom is -0.370 e. The molecular weight excluding hydrogens is 468 g/mol. The van der Waals surface area contributed by atoms with Gasteiger partial charge >= 0.3 is 0 Å². The summed E-state index contributed by atoms with van der Waals surface area (Å²) in [7, 11) is 0. The van der Waals surface area contributed by atoms with Crippen molar-refractivity contribution in [3.05, 3.63) is 34.4 Å². The Morgan fingerprint density at radius 3 is 2.28 bits per heavy atom. The van der Waals surface area contributed by atoms with E-state index in [9.17, 15) is 24.5 Å². The summed E-state index contributed by atoms with van der Waals surface area (Å²) in [5.74, 6) is -1.48. The minimum atomic E-state index is -0.965. The summed E-state index contributed by atoms with van der Waals surface area (Å²) in [6, 6.07) is 2.73. The van der Waals surface area contributed by atoms with Crippen LogP contribution in [0.3, 0.4) is 0 Å². The third kappa shape index (κ3) is 9.13. The molecule has 3 atom stereocenters. The first-order valence-electron chi connectivity index (χ1n) is 12.1. The number of amides is 3. The highest BCUT2D eigenvalue weighted by Crippen LogP contribution is 2.25. The Bertz CT molecular complexity index is 942. The number of hydrogen-bond acceptors (Lipinski definition) is 7. The van der Waals surface area contributed by atoms with Crippen LogP contribution in [0.25, 0.3) is 0 Å². The zero-order chi connectivity index (χ0) is 26.7. The molecule has 36 heavy (non-hydrogen) atoms. The predicted octanol–water partition coefficient (Wildman–Crippen LogP) is 0.484. The molecule has 13 heteroatoms. The van der Waals surface area contributed by atoms with Crippen molar-refractivity contribution in [2.75, 3.05) is 11.9 Å². The van der Waals surface area contributed by atoms with Gasteiger partial charge in [0, 0.05) is 24.4 Å². The molecule has 1 aromatic carbocycles. The van der Waals surface area contributed by atoms with E-state index < -0.39 is 40.8 Å². The molecule has 0 heterocycles. The van der Waals surface area contributed by atoms with Crippen LogP contribution in [0.1, 0.15) is 51.9 Å². The van der Waals surface area contributed by atoms with Crippen LogP contribution in [0.5, 0.6) is 0 Å². The van der Waals surface area contributed by atoms with Crippen molar-refractivity contribution < 1.29 is 19.3 Å². The second-order valence-corrected chi connectivity index (χ2v) is 8.96. The number of rotatable bonds is 12. The molecule has 13 nitrogen and oxygen atoms in total. The number of benzene rings is 1. The number of nitrogens with zero attached hydrogens (tertiary/aromatic N) is 2. The molecule has 1 fully saturated rings. The Kier molecular flexibility index (Phi) is 11.1. The minimum absolute atomic E-state index is 0.0865. The van der Waals surface area contributed by atoms with Gasteiger partial charge in [-0.2, -0.15) is 0 Å². The number of anilines is 1. The van der Waals surface area contributed by atoms with Gasteiger partial charge < -0.3 is 33.2 Å². The first-order chi connectivity index (χ1) is 17.1. The Morgan fingerprint density at radius 2 is 1.69 bits per heavy atom. The molecule has 1 aliphatic rings. The zero-order valence-electron chi connectivity index (χ0n) is 20.4. The summed E-state index contributed by atoms with van der Waals surface area (Å²) >= 11 is 0. The number of carbonyl (C=O) groups is 3. The van der Waals surface area contributed by atoms with Crippen molar-refractivity contribution in [2.24, 2.45) is 28.1 Å². The van der Waals surface area contributed by atoms with Gasteiger partial charge in [0.05, 0.1) is 11.0 Å². The lowest BCUT2D eigenvalue weighted by Gasteiger charge is -2.28. The first kappa shape index (κ1) is 28.5. The molecule has 3 amide bonds. The van der Waals surface area contributed by atoms with Gasteiger partial charge in [0.15, 0.2) is 5.96 Å². The standard InChI is InChI=1S/C23H36N8O5/c1-14(28-22(34)19(24)15-6-3-2-4-7-15)20(32)30-18(8-5-13-27-23(25)26)21(33)29-16-9-11-17(12-10-16)31(35)36/h9-12,14-15,18-19H,2-8,13,24H2,1H3,(H,28,34)(H,29,33)(H,30,32)(H4,25,26,27)/t14-,18-,19+/m0/s1. The van der Waals surface area contributed by atoms with E-state index in [2.05, 4.69) is 20.9 Å². The van der Waals surface area contributed by atoms with E-state index in [1.54, 1.807) is 0 Å². The van der Waals surface area contributed by atoms with Crippen molar-refractivity contribution in [1.29, 1.82) is 0 Å². The van der Waals surface area contributed by atoms with Crippen molar-refractivity contribution in [2.45, 2.75) is 70.0 Å². The van der Waals surface area contributed by atoms with Crippen LogP contribution in [-0.2, 0) is 14.4 Å². The van der Waals surface area contributed by atoms with Crippen molar-refractivity contribution in [1.82, 2.24) is 10.6 Å². The highest BCUT2D eigenvalue weighted by molar-refractivity contribution is 5.98. The number of nitrogens with one attached hydrogen (secondary N) is 3. The Balaban J connectivity index is 2.00. The van der Waals surface area contributed by atoms with Gasteiger partial charge in [0.1, 0.15) is 12.1 Å². The molecule has 0 spiro atoms. The predicted molar refractivity (Wildman–Crippen MR) is 136 cm³/mol. The van der Waals surface area contributed by atoms with Crippen molar-refractivity contribution in [3.63, 3.8) is 0 Å². The lowest BCUT2D eigenvalue weighted by Crippen LogP contribution is -2.55. The molecule has 0 aromatic heterocycles. The molecule has 1 saturated carbocycles. The smallest absolute Gasteiger partial charge is 0.269 e. The molecule has 9 N–H and O–H groups in total. The van der Waals surface area contributed by atoms with Gasteiger partial charge in [-0.3, -0.25) is 29.5 Å². The molecule has 1 aliphatic carbocycles. The lowest BCUT2D eigenvalue weighted by molar-refractivity contribution is -0.384. The number of hydrogen-bond donors (Lipinski definition) is 6. The zero-order valence-corrected chi connectivity index (χ0v) is 20.4. The van der Waals surface area contributed by atoms with E-state index in [0.717, 1.165) is 32.1 Å². The summed E-state index contributed by atoms with van der Waals surface area (Å²) < 4.78 is 0. The summed E-state index contributed by atoms with van der Waals surface area (Å²) in [6.45, 7) is 1.77. The Labute approximate surface area is 209 Å². The van der Waals surface area contributed by atoms with Gasteiger partial charge in [0.25, 0.3) is 5.69 Å². The van der Waals surface area contributed by atoms with Crippen LogP contribution < -0.4 is 33.2 Å². The van der Waals surface area contributed by atoms with Crippen LogP contribution in [0.4, 0.5) is 11.4 Å². The third-order valence-corrected chi connectivity index (χ3v) is 6.14. The van der Waals surface area contributed by atoms with E-state index in [0.29, 0.717) is 12.1 Å². The first-order valence-corrected chi connectivity index (χ1v) is 12.1. The molecule has 1 aromatic rings. The van der Waals surface area contributed by atoms with Gasteiger partial charge in [-0.05, 0) is 50.7 Å². The largest absolute Gasteiger partial charge is 0.370 e. The molecule has 2 rings (SSSR count). The van der Waals surface area contributed by atoms with Gasteiger partial charge in [-0.1, -0.05) is 19.3 Å². The number of aliphatic imine (C=N–C) groups is 1. The highest BCUT2D eigenvalue weighted by atomic mass is 16.6. The molecule has 0 radical (unpaired) electrons.